The zero-order valence-electron chi connectivity index (χ0n) is 11.7. The van der Waals surface area contributed by atoms with Crippen LogP contribution in [0, 0.1) is 22.7 Å². The largest absolute Gasteiger partial charge is 0.192 e. The van der Waals surface area contributed by atoms with Gasteiger partial charge in [0.2, 0.25) is 0 Å². The predicted molar refractivity (Wildman–Crippen MR) is 73.4 cm³/mol. The molecule has 18 heavy (non-hydrogen) atoms. The highest BCUT2D eigenvalue weighted by molar-refractivity contribution is 5.60. The van der Waals surface area contributed by atoms with Crippen molar-refractivity contribution in [1.29, 1.82) is 10.5 Å². The fraction of sp³-hybridized carbons (Fsp3) is 0.500. The van der Waals surface area contributed by atoms with E-state index in [4.69, 9.17) is 0 Å². The average molecular weight is 240 g/mol. The number of hydrogen-bond donors (Lipinski definition) is 0. The van der Waals surface area contributed by atoms with E-state index in [1.165, 1.54) is 0 Å². The Labute approximate surface area is 110 Å². The van der Waals surface area contributed by atoms with Crippen LogP contribution in [0.5, 0.6) is 0 Å². The third-order valence-corrected chi connectivity index (χ3v) is 3.57. The molecule has 2 nitrogen and oxygen atoms in total. The summed E-state index contributed by atoms with van der Waals surface area (Å²) in [5.74, 6) is 0. The Morgan fingerprint density at radius 1 is 0.611 bits per heavy atom. The number of nitriles is 2. The molecule has 2 heteroatoms. The molecule has 0 saturated carbocycles. The number of rotatable bonds is 4. The summed E-state index contributed by atoms with van der Waals surface area (Å²) in [4.78, 5) is 0. The van der Waals surface area contributed by atoms with Gasteiger partial charge in [-0.25, -0.2) is 0 Å². The first-order valence-corrected chi connectivity index (χ1v) is 6.69. The monoisotopic (exact) mass is 240 g/mol. The van der Waals surface area contributed by atoms with E-state index in [-0.39, 0.29) is 0 Å². The summed E-state index contributed by atoms with van der Waals surface area (Å²) in [6.07, 6.45) is 3.27. The molecule has 0 spiro atoms. The second-order valence-corrected chi connectivity index (χ2v) is 4.30. The van der Waals surface area contributed by atoms with Gasteiger partial charge < -0.3 is 0 Å². The van der Waals surface area contributed by atoms with Gasteiger partial charge in [0.1, 0.15) is 0 Å². The molecule has 0 fully saturated rings. The van der Waals surface area contributed by atoms with E-state index >= 15 is 0 Å². The van der Waals surface area contributed by atoms with Gasteiger partial charge >= 0.3 is 0 Å². The summed E-state index contributed by atoms with van der Waals surface area (Å²) >= 11 is 0. The van der Waals surface area contributed by atoms with Crippen LogP contribution in [-0.4, -0.2) is 0 Å². The van der Waals surface area contributed by atoms with Crippen LogP contribution in [0.15, 0.2) is 0 Å². The minimum atomic E-state index is 0.813. The maximum absolute atomic E-state index is 9.43. The minimum absolute atomic E-state index is 0.813. The molecule has 1 aromatic carbocycles. The number of benzene rings is 1. The normalized spacial score (nSPS) is 9.89. The molecule has 0 aliphatic rings. The highest BCUT2D eigenvalue weighted by Crippen LogP contribution is 2.29. The molecule has 0 aromatic heterocycles. The smallest absolute Gasteiger partial charge is 0.0997 e. The average Bonchev–Trinajstić information content (AvgIpc) is 2.43. The lowest BCUT2D eigenvalue weighted by atomic mass is 9.83. The second kappa shape index (κ2) is 6.22. The van der Waals surface area contributed by atoms with Crippen molar-refractivity contribution in [3.8, 4) is 12.1 Å². The van der Waals surface area contributed by atoms with Crippen LogP contribution < -0.4 is 0 Å². The van der Waals surface area contributed by atoms with Gasteiger partial charge in [-0.3, -0.25) is 0 Å². The predicted octanol–water partition coefficient (Wildman–Crippen LogP) is 3.68. The van der Waals surface area contributed by atoms with Crippen LogP contribution in [-0.2, 0) is 25.7 Å². The van der Waals surface area contributed by atoms with Crippen LogP contribution in [0.25, 0.3) is 0 Å². The molecular formula is C16H20N2. The van der Waals surface area contributed by atoms with E-state index in [1.807, 2.05) is 0 Å². The van der Waals surface area contributed by atoms with Crippen molar-refractivity contribution in [3.05, 3.63) is 33.4 Å². The fourth-order valence-electron chi connectivity index (χ4n) is 2.80. The molecule has 0 saturated heterocycles. The summed E-state index contributed by atoms with van der Waals surface area (Å²) in [6.45, 7) is 8.23. The van der Waals surface area contributed by atoms with E-state index in [1.54, 1.807) is 0 Å². The zero-order valence-corrected chi connectivity index (χ0v) is 11.7. The van der Waals surface area contributed by atoms with Gasteiger partial charge in [-0.05, 0) is 47.9 Å². The van der Waals surface area contributed by atoms with Crippen molar-refractivity contribution in [2.45, 2.75) is 53.4 Å². The standard InChI is InChI=1S/C16H20N2/c1-5-11-12(6-2)16(10-18)14(8-4)13(7-3)15(11)9-17/h5-8H2,1-4H3. The van der Waals surface area contributed by atoms with Crippen molar-refractivity contribution in [3.63, 3.8) is 0 Å². The number of nitrogens with zero attached hydrogens (tertiary/aromatic N) is 2. The highest BCUT2D eigenvalue weighted by atomic mass is 14.3. The SMILES string of the molecule is CCc1c(C#N)c(CC)c(CC)c(C#N)c1CC. The molecule has 0 atom stereocenters. The van der Waals surface area contributed by atoms with Crippen molar-refractivity contribution < 1.29 is 0 Å². The van der Waals surface area contributed by atoms with E-state index < -0.39 is 0 Å². The Morgan fingerprint density at radius 3 is 0.944 bits per heavy atom. The summed E-state index contributed by atoms with van der Waals surface area (Å²) in [5.41, 5.74) is 5.92. The lowest BCUT2D eigenvalue weighted by molar-refractivity contribution is 0.953. The van der Waals surface area contributed by atoms with Gasteiger partial charge in [-0.15, -0.1) is 0 Å². The van der Waals surface area contributed by atoms with Crippen molar-refractivity contribution in [1.82, 2.24) is 0 Å². The molecule has 0 unspecified atom stereocenters. The van der Waals surface area contributed by atoms with E-state index in [2.05, 4.69) is 39.8 Å². The van der Waals surface area contributed by atoms with Crippen molar-refractivity contribution in [2.75, 3.05) is 0 Å². The third kappa shape index (κ3) is 2.12. The molecule has 1 aromatic rings. The molecule has 0 amide bonds. The Kier molecular flexibility index (Phi) is 4.93. The molecule has 94 valence electrons. The minimum Gasteiger partial charge on any atom is -0.192 e. The topological polar surface area (TPSA) is 47.6 Å². The highest BCUT2D eigenvalue weighted by Gasteiger charge is 2.19. The van der Waals surface area contributed by atoms with Crippen LogP contribution in [0.3, 0.4) is 0 Å². The summed E-state index contributed by atoms with van der Waals surface area (Å²) in [7, 11) is 0. The first kappa shape index (κ1) is 14.3. The summed E-state index contributed by atoms with van der Waals surface area (Å²) in [6, 6.07) is 4.71. The van der Waals surface area contributed by atoms with Gasteiger partial charge in [0, 0.05) is 0 Å². The third-order valence-electron chi connectivity index (χ3n) is 3.57. The second-order valence-electron chi connectivity index (χ2n) is 4.30. The van der Waals surface area contributed by atoms with E-state index in [9.17, 15) is 10.5 Å². The van der Waals surface area contributed by atoms with Gasteiger partial charge in [0.25, 0.3) is 0 Å². The Hall–Kier alpha value is -1.80. The number of hydrogen-bond acceptors (Lipinski definition) is 2. The van der Waals surface area contributed by atoms with E-state index in [0.717, 1.165) is 59.1 Å². The first-order chi connectivity index (χ1) is 8.69. The first-order valence-electron chi connectivity index (χ1n) is 6.69. The van der Waals surface area contributed by atoms with Gasteiger partial charge in [-0.2, -0.15) is 10.5 Å². The quantitative estimate of drug-likeness (QED) is 0.806. The van der Waals surface area contributed by atoms with Gasteiger partial charge in [0.05, 0.1) is 23.3 Å². The molecule has 0 aliphatic carbocycles. The summed E-state index contributed by atoms with van der Waals surface area (Å²) in [5, 5.41) is 18.9. The lowest BCUT2D eigenvalue weighted by Crippen LogP contribution is -2.09. The maximum Gasteiger partial charge on any atom is 0.0997 e. The molecule has 0 radical (unpaired) electrons. The molecule has 0 bridgehead atoms. The Bertz CT molecular complexity index is 445. The lowest BCUT2D eigenvalue weighted by Gasteiger charge is -2.19. The van der Waals surface area contributed by atoms with E-state index in [0.29, 0.717) is 0 Å². The Balaban J connectivity index is 3.87. The molecule has 1 rings (SSSR count). The van der Waals surface area contributed by atoms with Crippen molar-refractivity contribution in [2.24, 2.45) is 0 Å². The van der Waals surface area contributed by atoms with Crippen LogP contribution in [0.1, 0.15) is 61.1 Å². The van der Waals surface area contributed by atoms with Crippen molar-refractivity contribution >= 4 is 0 Å². The summed E-state index contributed by atoms with van der Waals surface area (Å²) < 4.78 is 0. The van der Waals surface area contributed by atoms with Gasteiger partial charge in [-0.1, -0.05) is 27.7 Å². The molecule has 0 heterocycles. The molecule has 0 N–H and O–H groups in total. The van der Waals surface area contributed by atoms with Crippen LogP contribution >= 0.6 is 0 Å². The van der Waals surface area contributed by atoms with Gasteiger partial charge in [0.15, 0.2) is 0 Å². The van der Waals surface area contributed by atoms with Crippen LogP contribution in [0.4, 0.5) is 0 Å². The molecular weight excluding hydrogens is 220 g/mol. The zero-order chi connectivity index (χ0) is 13.7. The Morgan fingerprint density at radius 2 is 0.833 bits per heavy atom. The van der Waals surface area contributed by atoms with Crippen LogP contribution in [0.2, 0.25) is 0 Å². The fourth-order valence-corrected chi connectivity index (χ4v) is 2.80. The maximum atomic E-state index is 9.43. The molecule has 0 aliphatic heterocycles.